The van der Waals surface area contributed by atoms with Crippen LogP contribution in [0, 0.1) is 0 Å². The highest BCUT2D eigenvalue weighted by atomic mass is 32.2. The van der Waals surface area contributed by atoms with Crippen LogP contribution >= 0.6 is 11.8 Å². The highest BCUT2D eigenvalue weighted by Gasteiger charge is 2.02. The van der Waals surface area contributed by atoms with Crippen molar-refractivity contribution in [3.8, 4) is 0 Å². The van der Waals surface area contributed by atoms with Gasteiger partial charge in [0.2, 0.25) is 0 Å². The molecule has 1 heterocycles. The lowest BCUT2D eigenvalue weighted by Gasteiger charge is -2.04. The van der Waals surface area contributed by atoms with E-state index in [9.17, 15) is 0 Å². The first-order chi connectivity index (χ1) is 9.85. The van der Waals surface area contributed by atoms with Gasteiger partial charge in [0.05, 0.1) is 0 Å². The van der Waals surface area contributed by atoms with Gasteiger partial charge in [-0.25, -0.2) is 9.97 Å². The summed E-state index contributed by atoms with van der Waals surface area (Å²) in [5.41, 5.74) is 1.09. The number of fused-ring (bicyclic) bond motifs is 1. The summed E-state index contributed by atoms with van der Waals surface area (Å²) in [7, 11) is 1.91. The largest absolute Gasteiger partial charge is 0.316 e. The van der Waals surface area contributed by atoms with Crippen molar-refractivity contribution in [3.05, 3.63) is 60.4 Å². The summed E-state index contributed by atoms with van der Waals surface area (Å²) in [6.07, 6.45) is 3.74. The smallest absolute Gasteiger partial charge is 0.192 e. The molecule has 0 unspecified atom stereocenters. The van der Waals surface area contributed by atoms with E-state index >= 15 is 0 Å². The number of aromatic nitrogens is 2. The molecule has 0 atom stereocenters. The van der Waals surface area contributed by atoms with Crippen LogP contribution in [0.4, 0.5) is 0 Å². The minimum atomic E-state index is 0.778. The Hall–Kier alpha value is -1.91. The SMILES string of the molecule is CNCc1cnc(Sc2ccc3ccccc3c2)nc1. The van der Waals surface area contributed by atoms with Crippen molar-refractivity contribution in [2.75, 3.05) is 7.05 Å². The molecule has 1 aromatic heterocycles. The van der Waals surface area contributed by atoms with Gasteiger partial charge in [0.15, 0.2) is 5.16 Å². The second kappa shape index (κ2) is 6.03. The molecule has 3 rings (SSSR count). The average molecular weight is 281 g/mol. The van der Waals surface area contributed by atoms with Gasteiger partial charge in [-0.15, -0.1) is 0 Å². The Labute approximate surface area is 122 Å². The van der Waals surface area contributed by atoms with Gasteiger partial charge in [0.25, 0.3) is 0 Å². The fourth-order valence-corrected chi connectivity index (χ4v) is 2.77. The van der Waals surface area contributed by atoms with Gasteiger partial charge >= 0.3 is 0 Å². The van der Waals surface area contributed by atoms with E-state index in [0.29, 0.717) is 0 Å². The molecule has 0 saturated carbocycles. The first-order valence-corrected chi connectivity index (χ1v) is 7.29. The summed E-state index contributed by atoms with van der Waals surface area (Å²) < 4.78 is 0. The molecule has 3 aromatic rings. The van der Waals surface area contributed by atoms with Crippen LogP contribution < -0.4 is 5.32 Å². The Bertz CT molecular complexity index is 710. The molecule has 100 valence electrons. The second-order valence-electron chi connectivity index (χ2n) is 4.52. The van der Waals surface area contributed by atoms with Crippen LogP contribution in [0.3, 0.4) is 0 Å². The first kappa shape index (κ1) is 13.1. The fraction of sp³-hybridized carbons (Fsp3) is 0.125. The molecule has 0 aliphatic heterocycles. The molecule has 3 nitrogen and oxygen atoms in total. The Balaban J connectivity index is 1.81. The Kier molecular flexibility index (Phi) is 3.95. The lowest BCUT2D eigenvalue weighted by atomic mass is 10.1. The van der Waals surface area contributed by atoms with Crippen LogP contribution in [0.25, 0.3) is 10.8 Å². The maximum Gasteiger partial charge on any atom is 0.192 e. The van der Waals surface area contributed by atoms with Gasteiger partial charge in [0, 0.05) is 29.4 Å². The third-order valence-electron chi connectivity index (χ3n) is 2.99. The lowest BCUT2D eigenvalue weighted by molar-refractivity contribution is 0.793. The Morgan fingerprint density at radius 3 is 2.50 bits per heavy atom. The fourth-order valence-electron chi connectivity index (χ4n) is 2.03. The van der Waals surface area contributed by atoms with Gasteiger partial charge in [-0.05, 0) is 41.7 Å². The highest BCUT2D eigenvalue weighted by molar-refractivity contribution is 7.99. The standard InChI is InChI=1S/C16H15N3S/c1-17-9-12-10-18-16(19-11-12)20-15-7-6-13-4-2-3-5-14(13)8-15/h2-8,10-11,17H,9H2,1H3. The van der Waals surface area contributed by atoms with Gasteiger partial charge in [0.1, 0.15) is 0 Å². The normalized spacial score (nSPS) is 10.8. The van der Waals surface area contributed by atoms with Crippen LogP contribution in [0.1, 0.15) is 5.56 Å². The lowest BCUT2D eigenvalue weighted by Crippen LogP contribution is -2.05. The van der Waals surface area contributed by atoms with E-state index in [4.69, 9.17) is 0 Å². The number of hydrogen-bond acceptors (Lipinski definition) is 4. The molecular weight excluding hydrogens is 266 g/mol. The van der Waals surface area contributed by atoms with Gasteiger partial charge < -0.3 is 5.32 Å². The Morgan fingerprint density at radius 1 is 1.00 bits per heavy atom. The summed E-state index contributed by atoms with van der Waals surface area (Å²) in [4.78, 5) is 9.93. The number of benzene rings is 2. The summed E-state index contributed by atoms with van der Waals surface area (Å²) >= 11 is 1.59. The molecule has 2 aromatic carbocycles. The summed E-state index contributed by atoms with van der Waals surface area (Å²) in [6.45, 7) is 0.793. The van der Waals surface area contributed by atoms with Crippen molar-refractivity contribution < 1.29 is 0 Å². The average Bonchev–Trinajstić information content (AvgIpc) is 2.49. The first-order valence-electron chi connectivity index (χ1n) is 6.47. The van der Waals surface area contributed by atoms with Crippen LogP contribution in [0.2, 0.25) is 0 Å². The zero-order valence-electron chi connectivity index (χ0n) is 11.2. The van der Waals surface area contributed by atoms with E-state index in [1.165, 1.54) is 10.8 Å². The molecule has 4 heteroatoms. The topological polar surface area (TPSA) is 37.8 Å². The quantitative estimate of drug-likeness (QED) is 0.743. The minimum absolute atomic E-state index is 0.778. The van der Waals surface area contributed by atoms with Crippen molar-refractivity contribution in [3.63, 3.8) is 0 Å². The Morgan fingerprint density at radius 2 is 1.75 bits per heavy atom. The van der Waals surface area contributed by atoms with Crippen LogP contribution in [0.5, 0.6) is 0 Å². The molecular formula is C16H15N3S. The van der Waals surface area contributed by atoms with E-state index in [1.807, 2.05) is 19.4 Å². The monoisotopic (exact) mass is 281 g/mol. The van der Waals surface area contributed by atoms with Crippen molar-refractivity contribution in [2.24, 2.45) is 0 Å². The van der Waals surface area contributed by atoms with E-state index in [1.54, 1.807) is 11.8 Å². The predicted octanol–water partition coefficient (Wildman–Crippen LogP) is 3.50. The van der Waals surface area contributed by atoms with Crippen molar-refractivity contribution >= 4 is 22.5 Å². The highest BCUT2D eigenvalue weighted by Crippen LogP contribution is 2.27. The van der Waals surface area contributed by atoms with E-state index in [0.717, 1.165) is 22.2 Å². The van der Waals surface area contributed by atoms with E-state index in [2.05, 4.69) is 57.7 Å². The predicted molar refractivity (Wildman–Crippen MR) is 82.9 cm³/mol. The molecule has 0 bridgehead atoms. The van der Waals surface area contributed by atoms with Gasteiger partial charge in [-0.3, -0.25) is 0 Å². The second-order valence-corrected chi connectivity index (χ2v) is 5.56. The van der Waals surface area contributed by atoms with Crippen LogP contribution in [-0.2, 0) is 6.54 Å². The third-order valence-corrected chi connectivity index (χ3v) is 3.88. The molecule has 1 N–H and O–H groups in total. The molecule has 0 radical (unpaired) electrons. The molecule has 0 saturated heterocycles. The minimum Gasteiger partial charge on any atom is -0.316 e. The molecule has 0 fully saturated rings. The van der Waals surface area contributed by atoms with E-state index < -0.39 is 0 Å². The summed E-state index contributed by atoms with van der Waals surface area (Å²) in [6, 6.07) is 14.8. The number of hydrogen-bond donors (Lipinski definition) is 1. The number of nitrogens with one attached hydrogen (secondary N) is 1. The van der Waals surface area contributed by atoms with Gasteiger partial charge in [-0.1, -0.05) is 30.3 Å². The zero-order valence-corrected chi connectivity index (χ0v) is 12.0. The summed E-state index contributed by atoms with van der Waals surface area (Å²) in [5, 5.41) is 6.36. The molecule has 0 aliphatic rings. The zero-order chi connectivity index (χ0) is 13.8. The van der Waals surface area contributed by atoms with Gasteiger partial charge in [-0.2, -0.15) is 0 Å². The van der Waals surface area contributed by atoms with Crippen LogP contribution in [0.15, 0.2) is 64.9 Å². The maximum absolute atomic E-state index is 4.38. The molecule has 0 aliphatic carbocycles. The number of rotatable bonds is 4. The maximum atomic E-state index is 4.38. The summed E-state index contributed by atoms with van der Waals surface area (Å²) in [5.74, 6) is 0. The third kappa shape index (κ3) is 2.98. The number of nitrogens with zero attached hydrogens (tertiary/aromatic N) is 2. The van der Waals surface area contributed by atoms with E-state index in [-0.39, 0.29) is 0 Å². The van der Waals surface area contributed by atoms with Crippen molar-refractivity contribution in [1.82, 2.24) is 15.3 Å². The molecule has 0 amide bonds. The molecule has 0 spiro atoms. The van der Waals surface area contributed by atoms with Crippen molar-refractivity contribution in [1.29, 1.82) is 0 Å². The van der Waals surface area contributed by atoms with Crippen molar-refractivity contribution in [2.45, 2.75) is 16.6 Å². The molecule has 20 heavy (non-hydrogen) atoms. The van der Waals surface area contributed by atoms with Crippen LogP contribution in [-0.4, -0.2) is 17.0 Å².